The molecule has 0 fully saturated rings. The normalized spacial score (nSPS) is 17.8. The highest BCUT2D eigenvalue weighted by Gasteiger charge is 2.23. The van der Waals surface area contributed by atoms with Crippen molar-refractivity contribution in [1.29, 1.82) is 0 Å². The van der Waals surface area contributed by atoms with E-state index in [1.807, 2.05) is 12.2 Å². The average Bonchev–Trinajstić information content (AvgIpc) is 2.41. The van der Waals surface area contributed by atoms with Crippen LogP contribution in [-0.2, 0) is 0 Å². The molecule has 0 bridgehead atoms. The Morgan fingerprint density at radius 3 is 2.65 bits per heavy atom. The van der Waals surface area contributed by atoms with Gasteiger partial charge < -0.3 is 5.32 Å². The molecule has 1 N–H and O–H groups in total. The van der Waals surface area contributed by atoms with E-state index in [1.54, 1.807) is 0 Å². The van der Waals surface area contributed by atoms with Crippen molar-refractivity contribution < 1.29 is 18.5 Å². The molecule has 0 saturated heterocycles. The predicted octanol–water partition coefficient (Wildman–Crippen LogP) is 2.71. The number of nitrogens with one attached hydrogen (secondary N) is 1. The van der Waals surface area contributed by atoms with E-state index in [1.165, 1.54) is 0 Å². The molecule has 1 aromatic rings. The number of hydrogen-bond acceptors (Lipinski definition) is 3. The van der Waals surface area contributed by atoms with E-state index >= 15 is 0 Å². The minimum atomic E-state index is -1.23. The van der Waals surface area contributed by atoms with E-state index < -0.39 is 33.7 Å². The van der Waals surface area contributed by atoms with Crippen molar-refractivity contribution in [2.45, 2.75) is 25.3 Å². The van der Waals surface area contributed by atoms with Gasteiger partial charge in [-0.05, 0) is 25.3 Å². The molecule has 0 heterocycles. The van der Waals surface area contributed by atoms with Crippen LogP contribution in [-0.4, -0.2) is 16.9 Å². The van der Waals surface area contributed by atoms with Crippen LogP contribution < -0.4 is 5.32 Å². The summed E-state index contributed by atoms with van der Waals surface area (Å²) >= 11 is 0. The molecule has 1 aliphatic carbocycles. The highest BCUT2D eigenvalue weighted by molar-refractivity contribution is 5.95. The lowest BCUT2D eigenvalue weighted by Crippen LogP contribution is -2.35. The Kier molecular flexibility index (Phi) is 4.07. The van der Waals surface area contributed by atoms with Crippen molar-refractivity contribution in [2.75, 3.05) is 0 Å². The van der Waals surface area contributed by atoms with Gasteiger partial charge in [-0.2, -0.15) is 4.39 Å². The second-order valence-corrected chi connectivity index (χ2v) is 4.50. The first-order valence-corrected chi connectivity index (χ1v) is 6.08. The average molecular weight is 282 g/mol. The first-order chi connectivity index (χ1) is 9.49. The Morgan fingerprint density at radius 2 is 2.05 bits per heavy atom. The zero-order valence-electron chi connectivity index (χ0n) is 10.4. The van der Waals surface area contributed by atoms with Gasteiger partial charge in [-0.1, -0.05) is 12.2 Å². The quantitative estimate of drug-likeness (QED) is 0.526. The Labute approximate surface area is 113 Å². The highest BCUT2D eigenvalue weighted by atomic mass is 19.1. The molecule has 0 radical (unpaired) electrons. The van der Waals surface area contributed by atoms with Crippen LogP contribution in [0.2, 0.25) is 0 Å². The van der Waals surface area contributed by atoms with E-state index in [-0.39, 0.29) is 6.04 Å². The number of allylic oxidation sites excluding steroid dienone is 1. The van der Waals surface area contributed by atoms with Crippen LogP contribution in [0.1, 0.15) is 29.6 Å². The summed E-state index contributed by atoms with van der Waals surface area (Å²) in [6.07, 6.45) is 6.04. The smallest absolute Gasteiger partial charge is 0.307 e. The summed E-state index contributed by atoms with van der Waals surface area (Å²) in [4.78, 5) is 21.3. The van der Waals surface area contributed by atoms with Gasteiger partial charge in [0.05, 0.1) is 16.6 Å². The van der Waals surface area contributed by atoms with E-state index in [0.717, 1.165) is 12.8 Å². The molecule has 1 aliphatic rings. The van der Waals surface area contributed by atoms with Crippen molar-refractivity contribution in [1.82, 2.24) is 5.32 Å². The third-order valence-electron chi connectivity index (χ3n) is 3.08. The Hall–Kier alpha value is -2.31. The second-order valence-electron chi connectivity index (χ2n) is 4.50. The molecule has 0 spiro atoms. The first-order valence-electron chi connectivity index (χ1n) is 6.08. The van der Waals surface area contributed by atoms with Crippen LogP contribution in [0.4, 0.5) is 14.5 Å². The fourth-order valence-corrected chi connectivity index (χ4v) is 2.04. The largest absolute Gasteiger partial charge is 0.349 e. The summed E-state index contributed by atoms with van der Waals surface area (Å²) < 4.78 is 27.1. The molecule has 0 saturated carbocycles. The Bertz CT molecular complexity index is 587. The van der Waals surface area contributed by atoms with Crippen LogP contribution in [0.3, 0.4) is 0 Å². The molecule has 1 atom stereocenters. The number of carbonyl (C=O) groups is 1. The maximum Gasteiger partial charge on any atom is 0.307 e. The number of benzene rings is 1. The van der Waals surface area contributed by atoms with Gasteiger partial charge in [0.2, 0.25) is 5.82 Å². The number of carbonyl (C=O) groups excluding carboxylic acids is 1. The fourth-order valence-electron chi connectivity index (χ4n) is 2.04. The molecule has 7 heteroatoms. The van der Waals surface area contributed by atoms with Crippen LogP contribution >= 0.6 is 0 Å². The van der Waals surface area contributed by atoms with Crippen molar-refractivity contribution in [3.05, 3.63) is 51.6 Å². The van der Waals surface area contributed by atoms with Crippen LogP contribution in [0.25, 0.3) is 0 Å². The number of amides is 1. The zero-order valence-corrected chi connectivity index (χ0v) is 10.4. The molecule has 2 rings (SSSR count). The lowest BCUT2D eigenvalue weighted by molar-refractivity contribution is -0.387. The van der Waals surface area contributed by atoms with Gasteiger partial charge in [0, 0.05) is 6.04 Å². The van der Waals surface area contributed by atoms with E-state index in [0.29, 0.717) is 18.6 Å². The third kappa shape index (κ3) is 2.98. The molecule has 106 valence electrons. The lowest BCUT2D eigenvalue weighted by atomic mass is 10.0. The fraction of sp³-hybridized carbons (Fsp3) is 0.308. The van der Waals surface area contributed by atoms with Gasteiger partial charge >= 0.3 is 5.69 Å². The number of nitro groups is 1. The molecule has 0 aliphatic heterocycles. The summed E-state index contributed by atoms with van der Waals surface area (Å²) in [5.74, 6) is -3.11. The van der Waals surface area contributed by atoms with Gasteiger partial charge in [-0.25, -0.2) is 4.39 Å². The standard InChI is InChI=1S/C13H12F2N2O3/c14-10-7-12(17(19)20)11(15)6-9(10)13(18)16-8-4-2-1-3-5-8/h1-2,6-8H,3-5H2,(H,16,18). The lowest BCUT2D eigenvalue weighted by Gasteiger charge is -2.19. The van der Waals surface area contributed by atoms with Crippen LogP contribution in [0, 0.1) is 21.7 Å². The summed E-state index contributed by atoms with van der Waals surface area (Å²) in [7, 11) is 0. The van der Waals surface area contributed by atoms with Crippen molar-refractivity contribution >= 4 is 11.6 Å². The Morgan fingerprint density at radius 1 is 1.30 bits per heavy atom. The Balaban J connectivity index is 2.19. The van der Waals surface area contributed by atoms with Gasteiger partial charge in [-0.3, -0.25) is 14.9 Å². The molecule has 1 amide bonds. The van der Waals surface area contributed by atoms with Gasteiger partial charge in [0.25, 0.3) is 5.91 Å². The summed E-state index contributed by atoms with van der Waals surface area (Å²) in [5, 5.41) is 13.0. The summed E-state index contributed by atoms with van der Waals surface area (Å²) in [6.45, 7) is 0. The molecule has 0 aromatic heterocycles. The van der Waals surface area contributed by atoms with Gasteiger partial charge in [0.1, 0.15) is 5.82 Å². The second kappa shape index (κ2) is 5.77. The maximum absolute atomic E-state index is 13.6. The molecule has 1 unspecified atom stereocenters. The molecule has 1 aromatic carbocycles. The van der Waals surface area contributed by atoms with Crippen molar-refractivity contribution in [2.24, 2.45) is 0 Å². The third-order valence-corrected chi connectivity index (χ3v) is 3.08. The van der Waals surface area contributed by atoms with E-state index in [2.05, 4.69) is 5.32 Å². The first kappa shape index (κ1) is 14.1. The number of halogens is 2. The van der Waals surface area contributed by atoms with Crippen molar-refractivity contribution in [3.8, 4) is 0 Å². The molecular weight excluding hydrogens is 270 g/mol. The van der Waals surface area contributed by atoms with Gasteiger partial charge in [0.15, 0.2) is 0 Å². The number of nitro benzene ring substituents is 1. The van der Waals surface area contributed by atoms with Crippen molar-refractivity contribution in [3.63, 3.8) is 0 Å². The minimum absolute atomic E-state index is 0.134. The van der Waals surface area contributed by atoms with E-state index in [9.17, 15) is 23.7 Å². The zero-order chi connectivity index (χ0) is 14.7. The SMILES string of the molecule is O=C(NC1CC=CCC1)c1cc(F)c([N+](=O)[O-])cc1F. The maximum atomic E-state index is 13.6. The van der Waals surface area contributed by atoms with Gasteiger partial charge in [-0.15, -0.1) is 0 Å². The number of rotatable bonds is 3. The number of nitrogens with zero attached hydrogens (tertiary/aromatic N) is 1. The van der Waals surface area contributed by atoms with Crippen LogP contribution in [0.15, 0.2) is 24.3 Å². The monoisotopic (exact) mass is 282 g/mol. The summed E-state index contributed by atoms with van der Waals surface area (Å²) in [5.41, 5.74) is -1.51. The number of hydrogen-bond donors (Lipinski definition) is 1. The van der Waals surface area contributed by atoms with Crippen LogP contribution in [0.5, 0.6) is 0 Å². The highest BCUT2D eigenvalue weighted by Crippen LogP contribution is 2.22. The molecular formula is C13H12F2N2O3. The molecule has 5 nitrogen and oxygen atoms in total. The van der Waals surface area contributed by atoms with E-state index in [4.69, 9.17) is 0 Å². The predicted molar refractivity (Wildman–Crippen MR) is 67.3 cm³/mol. The minimum Gasteiger partial charge on any atom is -0.349 e. The molecule has 20 heavy (non-hydrogen) atoms. The summed E-state index contributed by atoms with van der Waals surface area (Å²) in [6, 6.07) is 0.845. The topological polar surface area (TPSA) is 72.2 Å².